The van der Waals surface area contributed by atoms with E-state index in [-0.39, 0.29) is 22.3 Å². The second kappa shape index (κ2) is 8.84. The quantitative estimate of drug-likeness (QED) is 0.570. The molecule has 0 fully saturated rings. The van der Waals surface area contributed by atoms with Crippen LogP contribution in [0.3, 0.4) is 0 Å². The monoisotopic (exact) mass is 384 g/mol. The fourth-order valence-corrected chi connectivity index (χ4v) is 3.26. The Balaban J connectivity index is 1.78. The molecule has 1 aromatic heterocycles. The van der Waals surface area contributed by atoms with Gasteiger partial charge in [-0.2, -0.15) is 0 Å². The Morgan fingerprint density at radius 1 is 0.923 bits per heavy atom. The number of nitrogens with zero attached hydrogens (tertiary/aromatic N) is 1. The van der Waals surface area contributed by atoms with Crippen molar-refractivity contribution in [1.29, 1.82) is 0 Å². The zero-order valence-electron chi connectivity index (χ0n) is 14.0. The maximum absolute atomic E-state index is 12.7. The van der Waals surface area contributed by atoms with E-state index in [0.29, 0.717) is 5.56 Å². The van der Waals surface area contributed by atoms with Gasteiger partial charge in [-0.05, 0) is 36.1 Å². The minimum atomic E-state index is -0.224. The van der Waals surface area contributed by atoms with E-state index in [9.17, 15) is 4.79 Å². The van der Waals surface area contributed by atoms with Crippen LogP contribution < -0.4 is 5.32 Å². The van der Waals surface area contributed by atoms with Crippen LogP contribution in [-0.4, -0.2) is 10.9 Å². The number of benzene rings is 2. The normalized spacial score (nSPS) is 11.8. The molecule has 5 heteroatoms. The Bertz CT molecular complexity index is 849. The SMILES string of the molecule is O=C(NC(CCc1ccccc1)c1ccccc1)c1cc(Cl)nc(Cl)c1. The molecule has 0 aliphatic carbocycles. The molecule has 3 nitrogen and oxygen atoms in total. The Morgan fingerprint density at radius 2 is 1.50 bits per heavy atom. The maximum Gasteiger partial charge on any atom is 0.251 e. The van der Waals surface area contributed by atoms with E-state index in [1.54, 1.807) is 0 Å². The molecule has 132 valence electrons. The summed E-state index contributed by atoms with van der Waals surface area (Å²) < 4.78 is 0. The first-order valence-corrected chi connectivity index (χ1v) is 9.10. The van der Waals surface area contributed by atoms with Crippen molar-refractivity contribution in [2.75, 3.05) is 0 Å². The first-order valence-electron chi connectivity index (χ1n) is 8.34. The van der Waals surface area contributed by atoms with Crippen LogP contribution in [0.25, 0.3) is 0 Å². The molecule has 0 saturated carbocycles. The summed E-state index contributed by atoms with van der Waals surface area (Å²) in [5.41, 5.74) is 2.69. The molecule has 0 aliphatic rings. The first-order chi connectivity index (χ1) is 12.6. The third-order valence-corrected chi connectivity index (χ3v) is 4.48. The topological polar surface area (TPSA) is 42.0 Å². The molecule has 26 heavy (non-hydrogen) atoms. The number of hydrogen-bond donors (Lipinski definition) is 1. The summed E-state index contributed by atoms with van der Waals surface area (Å²) in [5, 5.41) is 3.49. The van der Waals surface area contributed by atoms with Crippen molar-refractivity contribution in [3.63, 3.8) is 0 Å². The summed E-state index contributed by atoms with van der Waals surface area (Å²) in [6, 6.07) is 23.1. The van der Waals surface area contributed by atoms with Gasteiger partial charge in [0.2, 0.25) is 0 Å². The fourth-order valence-electron chi connectivity index (χ4n) is 2.80. The number of halogens is 2. The van der Waals surface area contributed by atoms with Gasteiger partial charge in [0.25, 0.3) is 5.91 Å². The maximum atomic E-state index is 12.7. The average Bonchev–Trinajstić information content (AvgIpc) is 2.65. The van der Waals surface area contributed by atoms with Crippen molar-refractivity contribution in [2.45, 2.75) is 18.9 Å². The Kier molecular flexibility index (Phi) is 6.26. The second-order valence-corrected chi connectivity index (χ2v) is 6.74. The van der Waals surface area contributed by atoms with Crippen molar-refractivity contribution in [3.05, 3.63) is 99.8 Å². The van der Waals surface area contributed by atoms with Crippen LogP contribution >= 0.6 is 23.2 Å². The smallest absolute Gasteiger partial charge is 0.251 e. The zero-order valence-corrected chi connectivity index (χ0v) is 15.5. The van der Waals surface area contributed by atoms with Gasteiger partial charge in [-0.15, -0.1) is 0 Å². The number of aromatic nitrogens is 1. The van der Waals surface area contributed by atoms with Gasteiger partial charge in [-0.25, -0.2) is 4.98 Å². The molecule has 1 N–H and O–H groups in total. The summed E-state index contributed by atoms with van der Waals surface area (Å²) in [6.07, 6.45) is 1.64. The van der Waals surface area contributed by atoms with Gasteiger partial charge in [-0.3, -0.25) is 4.79 Å². The molecular formula is C21H18Cl2N2O. The van der Waals surface area contributed by atoms with Gasteiger partial charge in [0.1, 0.15) is 10.3 Å². The van der Waals surface area contributed by atoms with Crippen LogP contribution in [-0.2, 0) is 6.42 Å². The van der Waals surface area contributed by atoms with Crippen LogP contribution in [0, 0.1) is 0 Å². The van der Waals surface area contributed by atoms with Crippen LogP contribution in [0.1, 0.15) is 33.9 Å². The fraction of sp³-hybridized carbons (Fsp3) is 0.143. The minimum absolute atomic E-state index is 0.116. The van der Waals surface area contributed by atoms with Crippen LogP contribution in [0.2, 0.25) is 10.3 Å². The van der Waals surface area contributed by atoms with Gasteiger partial charge < -0.3 is 5.32 Å². The van der Waals surface area contributed by atoms with Crippen LogP contribution in [0.5, 0.6) is 0 Å². The summed E-state index contributed by atoms with van der Waals surface area (Å²) in [6.45, 7) is 0. The van der Waals surface area contributed by atoms with E-state index < -0.39 is 0 Å². The summed E-state index contributed by atoms with van der Waals surface area (Å²) in [5.74, 6) is -0.224. The molecule has 3 rings (SSSR count). The van der Waals surface area contributed by atoms with Crippen molar-refractivity contribution < 1.29 is 4.79 Å². The van der Waals surface area contributed by atoms with E-state index in [0.717, 1.165) is 18.4 Å². The highest BCUT2D eigenvalue weighted by Gasteiger charge is 2.17. The van der Waals surface area contributed by atoms with E-state index in [1.165, 1.54) is 17.7 Å². The predicted octanol–water partition coefficient (Wildman–Crippen LogP) is 5.49. The molecule has 3 aromatic rings. The van der Waals surface area contributed by atoms with E-state index >= 15 is 0 Å². The largest absolute Gasteiger partial charge is 0.345 e. The van der Waals surface area contributed by atoms with E-state index in [4.69, 9.17) is 23.2 Å². The minimum Gasteiger partial charge on any atom is -0.345 e. The summed E-state index contributed by atoms with van der Waals surface area (Å²) >= 11 is 11.8. The lowest BCUT2D eigenvalue weighted by molar-refractivity contribution is 0.0934. The lowest BCUT2D eigenvalue weighted by atomic mass is 9.98. The number of rotatable bonds is 6. The highest BCUT2D eigenvalue weighted by Crippen LogP contribution is 2.21. The summed E-state index contributed by atoms with van der Waals surface area (Å²) in [4.78, 5) is 16.6. The Labute approximate surface area is 163 Å². The number of hydrogen-bond acceptors (Lipinski definition) is 2. The van der Waals surface area contributed by atoms with Gasteiger partial charge in [0.15, 0.2) is 0 Å². The number of pyridine rings is 1. The first kappa shape index (κ1) is 18.4. The number of carbonyl (C=O) groups excluding carboxylic acids is 1. The molecule has 1 amide bonds. The standard InChI is InChI=1S/C21H18Cl2N2O/c22-19-13-17(14-20(23)25-19)21(26)24-18(16-9-5-2-6-10-16)12-11-15-7-3-1-4-8-15/h1-10,13-14,18H,11-12H2,(H,24,26). The van der Waals surface area contributed by atoms with Crippen molar-refractivity contribution in [1.82, 2.24) is 10.3 Å². The molecule has 1 atom stereocenters. The van der Waals surface area contributed by atoms with Crippen LogP contribution in [0.15, 0.2) is 72.8 Å². The van der Waals surface area contributed by atoms with Gasteiger partial charge in [0.05, 0.1) is 6.04 Å². The second-order valence-electron chi connectivity index (χ2n) is 5.96. The molecule has 1 unspecified atom stereocenters. The molecule has 0 radical (unpaired) electrons. The molecule has 2 aromatic carbocycles. The number of nitrogens with one attached hydrogen (secondary N) is 1. The highest BCUT2D eigenvalue weighted by molar-refractivity contribution is 6.33. The van der Waals surface area contributed by atoms with Crippen molar-refractivity contribution >= 4 is 29.1 Å². The molecule has 0 aliphatic heterocycles. The molecule has 0 bridgehead atoms. The number of aryl methyl sites for hydroxylation is 1. The summed E-state index contributed by atoms with van der Waals surface area (Å²) in [7, 11) is 0. The van der Waals surface area contributed by atoms with Gasteiger partial charge in [0, 0.05) is 5.56 Å². The molecule has 1 heterocycles. The van der Waals surface area contributed by atoms with Crippen molar-refractivity contribution in [2.24, 2.45) is 0 Å². The van der Waals surface area contributed by atoms with E-state index in [1.807, 2.05) is 48.5 Å². The average molecular weight is 385 g/mol. The zero-order chi connectivity index (χ0) is 18.4. The number of amides is 1. The third kappa shape index (κ3) is 5.07. The lowest BCUT2D eigenvalue weighted by Gasteiger charge is -2.19. The Hall–Kier alpha value is -2.36. The molecule has 0 saturated heterocycles. The lowest BCUT2D eigenvalue weighted by Crippen LogP contribution is -2.29. The molecule has 0 spiro atoms. The Morgan fingerprint density at radius 3 is 2.12 bits per heavy atom. The third-order valence-electron chi connectivity index (χ3n) is 4.10. The predicted molar refractivity (Wildman–Crippen MR) is 106 cm³/mol. The van der Waals surface area contributed by atoms with E-state index in [2.05, 4.69) is 22.4 Å². The van der Waals surface area contributed by atoms with Gasteiger partial charge >= 0.3 is 0 Å². The highest BCUT2D eigenvalue weighted by atomic mass is 35.5. The van der Waals surface area contributed by atoms with Crippen LogP contribution in [0.4, 0.5) is 0 Å². The molecular weight excluding hydrogens is 367 g/mol. The van der Waals surface area contributed by atoms with Crippen molar-refractivity contribution in [3.8, 4) is 0 Å². The number of carbonyl (C=O) groups is 1. The van der Waals surface area contributed by atoms with Gasteiger partial charge in [-0.1, -0.05) is 83.9 Å².